The van der Waals surface area contributed by atoms with E-state index in [0.717, 1.165) is 11.6 Å². The van der Waals surface area contributed by atoms with Gasteiger partial charge in [0.25, 0.3) is 11.6 Å². The molecule has 0 aromatic heterocycles. The van der Waals surface area contributed by atoms with Gasteiger partial charge in [-0.25, -0.2) is 0 Å². The Bertz CT molecular complexity index is 787. The first-order valence-electron chi connectivity index (χ1n) is 7.05. The van der Waals surface area contributed by atoms with Gasteiger partial charge in [-0.1, -0.05) is 12.1 Å². The highest BCUT2D eigenvalue weighted by Gasteiger charge is 2.16. The molecule has 0 unspecified atom stereocenters. The molecule has 0 spiro atoms. The van der Waals surface area contributed by atoms with Crippen molar-refractivity contribution in [3.05, 3.63) is 69.3 Å². The second-order valence-corrected chi connectivity index (χ2v) is 4.98. The van der Waals surface area contributed by atoms with Crippen molar-refractivity contribution in [3.63, 3.8) is 0 Å². The number of nitro groups is 1. The van der Waals surface area contributed by atoms with Crippen LogP contribution in [0.15, 0.2) is 42.5 Å². The minimum atomic E-state index is -0.727. The number of hydrogen-bond acceptors (Lipinski definition) is 5. The monoisotopic (exact) mass is 328 g/mol. The number of amides is 2. The van der Waals surface area contributed by atoms with Crippen molar-refractivity contribution < 1.29 is 14.5 Å². The number of carbonyl (C=O) groups is 2. The van der Waals surface area contributed by atoms with Gasteiger partial charge in [0.05, 0.1) is 4.92 Å². The largest absolute Gasteiger partial charge is 0.375 e. The molecule has 0 saturated carbocycles. The third-order valence-electron chi connectivity index (χ3n) is 3.41. The zero-order valence-electron chi connectivity index (χ0n) is 12.9. The van der Waals surface area contributed by atoms with Crippen LogP contribution in [0.2, 0.25) is 0 Å². The van der Waals surface area contributed by atoms with Gasteiger partial charge in [-0.15, -0.1) is 0 Å². The second kappa shape index (κ2) is 7.23. The fourth-order valence-corrected chi connectivity index (χ4v) is 2.10. The molecule has 0 aliphatic carbocycles. The standard InChI is InChI=1S/C16H16N4O4/c1-18-16(22)11-4-2-10(3-5-11)9-19-13-7-6-12(15(17)21)8-14(13)20(23)24/h2-8,19H,9H2,1H3,(H2,17,21)(H,18,22). The van der Waals surface area contributed by atoms with Gasteiger partial charge in [0.2, 0.25) is 5.91 Å². The van der Waals surface area contributed by atoms with Gasteiger partial charge in [-0.2, -0.15) is 0 Å². The fourth-order valence-electron chi connectivity index (χ4n) is 2.10. The number of nitrogens with one attached hydrogen (secondary N) is 2. The second-order valence-electron chi connectivity index (χ2n) is 4.98. The highest BCUT2D eigenvalue weighted by Crippen LogP contribution is 2.26. The Morgan fingerprint density at radius 2 is 1.75 bits per heavy atom. The number of nitro benzene ring substituents is 1. The van der Waals surface area contributed by atoms with E-state index in [9.17, 15) is 19.7 Å². The molecule has 0 atom stereocenters. The third-order valence-corrected chi connectivity index (χ3v) is 3.41. The lowest BCUT2D eigenvalue weighted by molar-refractivity contribution is -0.384. The molecule has 2 aromatic carbocycles. The van der Waals surface area contributed by atoms with Crippen molar-refractivity contribution in [1.82, 2.24) is 5.32 Å². The van der Waals surface area contributed by atoms with Crippen molar-refractivity contribution in [3.8, 4) is 0 Å². The summed E-state index contributed by atoms with van der Waals surface area (Å²) >= 11 is 0. The maximum absolute atomic E-state index is 11.5. The molecule has 8 nitrogen and oxygen atoms in total. The van der Waals surface area contributed by atoms with E-state index in [2.05, 4.69) is 10.6 Å². The Morgan fingerprint density at radius 1 is 1.12 bits per heavy atom. The molecule has 124 valence electrons. The van der Waals surface area contributed by atoms with Crippen molar-refractivity contribution in [2.24, 2.45) is 5.73 Å². The molecule has 24 heavy (non-hydrogen) atoms. The van der Waals surface area contributed by atoms with Crippen LogP contribution in [0.4, 0.5) is 11.4 Å². The van der Waals surface area contributed by atoms with E-state index in [1.165, 1.54) is 12.1 Å². The number of nitrogens with zero attached hydrogens (tertiary/aromatic N) is 1. The minimum Gasteiger partial charge on any atom is -0.375 e. The Morgan fingerprint density at radius 3 is 2.29 bits per heavy atom. The van der Waals surface area contributed by atoms with Gasteiger partial charge in [0, 0.05) is 30.8 Å². The Hall–Kier alpha value is -3.42. The normalized spacial score (nSPS) is 10.0. The summed E-state index contributed by atoms with van der Waals surface area (Å²) in [6, 6.07) is 10.8. The number of primary amides is 1. The van der Waals surface area contributed by atoms with Crippen molar-refractivity contribution >= 4 is 23.2 Å². The number of nitrogens with two attached hydrogens (primary N) is 1. The van der Waals surface area contributed by atoms with Crippen LogP contribution in [0, 0.1) is 10.1 Å². The summed E-state index contributed by atoms with van der Waals surface area (Å²) in [5.74, 6) is -0.915. The summed E-state index contributed by atoms with van der Waals surface area (Å²) in [6.45, 7) is 0.324. The maximum atomic E-state index is 11.5. The molecule has 0 bridgehead atoms. The lowest BCUT2D eigenvalue weighted by atomic mass is 10.1. The summed E-state index contributed by atoms with van der Waals surface area (Å²) in [7, 11) is 1.55. The molecule has 0 saturated heterocycles. The molecule has 0 radical (unpaired) electrons. The van der Waals surface area contributed by atoms with Crippen LogP contribution >= 0.6 is 0 Å². The molecular formula is C16H16N4O4. The lowest BCUT2D eigenvalue weighted by Crippen LogP contribution is -2.17. The Labute approximate surface area is 137 Å². The molecule has 0 aliphatic rings. The van der Waals surface area contributed by atoms with E-state index >= 15 is 0 Å². The molecule has 0 fully saturated rings. The highest BCUT2D eigenvalue weighted by molar-refractivity contribution is 5.94. The summed E-state index contributed by atoms with van der Waals surface area (Å²) in [5, 5.41) is 16.6. The predicted molar refractivity (Wildman–Crippen MR) is 88.8 cm³/mol. The molecular weight excluding hydrogens is 312 g/mol. The molecule has 2 rings (SSSR count). The lowest BCUT2D eigenvalue weighted by Gasteiger charge is -2.09. The molecule has 2 aromatic rings. The van der Waals surface area contributed by atoms with Gasteiger partial charge in [-0.05, 0) is 29.8 Å². The van der Waals surface area contributed by atoms with E-state index in [-0.39, 0.29) is 22.8 Å². The summed E-state index contributed by atoms with van der Waals surface area (Å²) in [4.78, 5) is 33.1. The predicted octanol–water partition coefficient (Wildman–Crippen LogP) is 1.67. The number of carbonyl (C=O) groups excluding carboxylic acids is 2. The third kappa shape index (κ3) is 3.86. The zero-order chi connectivity index (χ0) is 17.7. The van der Waals surface area contributed by atoms with E-state index in [1.807, 2.05) is 0 Å². The quantitative estimate of drug-likeness (QED) is 0.549. The fraction of sp³-hybridized carbons (Fsp3) is 0.125. The maximum Gasteiger partial charge on any atom is 0.293 e. The van der Waals surface area contributed by atoms with E-state index in [0.29, 0.717) is 12.1 Å². The van der Waals surface area contributed by atoms with Crippen LogP contribution in [0.3, 0.4) is 0 Å². The first-order chi connectivity index (χ1) is 11.4. The Kier molecular flexibility index (Phi) is 5.10. The van der Waals surface area contributed by atoms with Crippen LogP contribution in [0.25, 0.3) is 0 Å². The van der Waals surface area contributed by atoms with E-state index in [1.54, 1.807) is 31.3 Å². The van der Waals surface area contributed by atoms with Crippen LogP contribution < -0.4 is 16.4 Å². The number of anilines is 1. The van der Waals surface area contributed by atoms with Gasteiger partial charge in [0.1, 0.15) is 5.69 Å². The van der Waals surface area contributed by atoms with Crippen LogP contribution in [-0.2, 0) is 6.54 Å². The van der Waals surface area contributed by atoms with Gasteiger partial charge in [-0.3, -0.25) is 19.7 Å². The summed E-state index contributed by atoms with van der Waals surface area (Å²) < 4.78 is 0. The SMILES string of the molecule is CNC(=O)c1ccc(CNc2ccc(C(N)=O)cc2[N+](=O)[O-])cc1. The minimum absolute atomic E-state index is 0.0715. The van der Waals surface area contributed by atoms with Gasteiger partial charge < -0.3 is 16.4 Å². The number of benzene rings is 2. The van der Waals surface area contributed by atoms with Crippen LogP contribution in [0.1, 0.15) is 26.3 Å². The smallest absolute Gasteiger partial charge is 0.293 e. The van der Waals surface area contributed by atoms with Crippen LogP contribution in [0.5, 0.6) is 0 Å². The molecule has 2 amide bonds. The highest BCUT2D eigenvalue weighted by atomic mass is 16.6. The first kappa shape index (κ1) is 16.9. The van der Waals surface area contributed by atoms with E-state index in [4.69, 9.17) is 5.73 Å². The molecule has 0 aliphatic heterocycles. The average Bonchev–Trinajstić information content (AvgIpc) is 2.59. The molecule has 4 N–H and O–H groups in total. The topological polar surface area (TPSA) is 127 Å². The first-order valence-corrected chi connectivity index (χ1v) is 7.05. The number of rotatable bonds is 6. The van der Waals surface area contributed by atoms with Crippen molar-refractivity contribution in [2.75, 3.05) is 12.4 Å². The Balaban J connectivity index is 2.15. The zero-order valence-corrected chi connectivity index (χ0v) is 12.9. The van der Waals surface area contributed by atoms with Crippen LogP contribution in [-0.4, -0.2) is 23.8 Å². The van der Waals surface area contributed by atoms with Crippen molar-refractivity contribution in [2.45, 2.75) is 6.54 Å². The molecule has 8 heteroatoms. The molecule has 0 heterocycles. The van der Waals surface area contributed by atoms with Crippen molar-refractivity contribution in [1.29, 1.82) is 0 Å². The average molecular weight is 328 g/mol. The van der Waals surface area contributed by atoms with Gasteiger partial charge in [0.15, 0.2) is 0 Å². The summed E-state index contributed by atoms with van der Waals surface area (Å²) in [6.07, 6.45) is 0. The summed E-state index contributed by atoms with van der Waals surface area (Å²) in [5.41, 5.74) is 6.62. The van der Waals surface area contributed by atoms with Gasteiger partial charge >= 0.3 is 0 Å². The van der Waals surface area contributed by atoms with E-state index < -0.39 is 10.8 Å². The number of hydrogen-bond donors (Lipinski definition) is 3.